The maximum absolute atomic E-state index is 11.9. The Morgan fingerprint density at radius 3 is 2.35 bits per heavy atom. The number of rotatable bonds is 4. The fourth-order valence-electron chi connectivity index (χ4n) is 1.59. The Hall–Kier alpha value is -2.27. The number of hydrazine groups is 1. The van der Waals surface area contributed by atoms with Gasteiger partial charge in [-0.05, 0) is 29.8 Å². The highest BCUT2D eigenvalue weighted by molar-refractivity contribution is 9.10. The van der Waals surface area contributed by atoms with Gasteiger partial charge in [0.05, 0.1) is 11.3 Å². The maximum Gasteiger partial charge on any atom is 0.273 e. The molecule has 0 atom stereocenters. The minimum atomic E-state index is -0.429. The summed E-state index contributed by atoms with van der Waals surface area (Å²) in [5, 5.41) is 9.58. The van der Waals surface area contributed by atoms with Crippen LogP contribution >= 0.6 is 15.9 Å². The molecule has 102 valence electrons. The van der Waals surface area contributed by atoms with Gasteiger partial charge in [0, 0.05) is 4.47 Å². The highest BCUT2D eigenvalue weighted by atomic mass is 79.9. The third kappa shape index (κ3) is 3.39. The number of nitrogens with one attached hydrogen (secondary N) is 2. The number of para-hydroxylation sites is 1. The number of hydrogen-bond donors (Lipinski definition) is 3. The molecule has 0 fully saturated rings. The number of benzene rings is 2. The van der Waals surface area contributed by atoms with Crippen LogP contribution in [0.5, 0.6) is 5.75 Å². The number of carbonyl (C=O) groups excluding carboxylic acids is 1. The van der Waals surface area contributed by atoms with Crippen LogP contribution in [-0.4, -0.2) is 11.0 Å². The van der Waals surface area contributed by atoms with Crippen molar-refractivity contribution in [2.75, 3.05) is 0 Å². The van der Waals surface area contributed by atoms with Gasteiger partial charge in [-0.3, -0.25) is 15.6 Å². The summed E-state index contributed by atoms with van der Waals surface area (Å²) in [6, 6.07) is 13.8. The third-order valence-electron chi connectivity index (χ3n) is 2.67. The van der Waals surface area contributed by atoms with Gasteiger partial charge in [-0.25, -0.2) is 0 Å². The Balaban J connectivity index is 1.99. The Bertz CT molecular complexity index is 639. The first kappa shape index (κ1) is 14.1. The van der Waals surface area contributed by atoms with Crippen LogP contribution < -0.4 is 10.9 Å². The maximum atomic E-state index is 11.9. The molecule has 0 aliphatic rings. The van der Waals surface area contributed by atoms with Crippen molar-refractivity contribution in [2.45, 2.75) is 0 Å². The number of amides is 1. The zero-order valence-corrected chi connectivity index (χ0v) is 12.1. The molecule has 0 saturated carbocycles. The number of halogens is 1. The molecule has 0 aliphatic carbocycles. The van der Waals surface area contributed by atoms with E-state index in [0.717, 1.165) is 10.0 Å². The van der Waals surface area contributed by atoms with E-state index in [9.17, 15) is 9.90 Å². The molecule has 0 heterocycles. The summed E-state index contributed by atoms with van der Waals surface area (Å²) in [5.41, 5.74) is 6.82. The van der Waals surface area contributed by atoms with E-state index in [1.54, 1.807) is 12.1 Å². The molecule has 2 aromatic rings. The summed E-state index contributed by atoms with van der Waals surface area (Å²) >= 11 is 3.35. The van der Waals surface area contributed by atoms with Gasteiger partial charge in [-0.1, -0.05) is 46.8 Å². The van der Waals surface area contributed by atoms with E-state index in [2.05, 4.69) is 33.4 Å². The van der Waals surface area contributed by atoms with Gasteiger partial charge in [-0.15, -0.1) is 0 Å². The predicted molar refractivity (Wildman–Crippen MR) is 81.9 cm³/mol. The van der Waals surface area contributed by atoms with Crippen molar-refractivity contribution in [1.82, 2.24) is 10.9 Å². The first-order chi connectivity index (χ1) is 9.58. The van der Waals surface area contributed by atoms with E-state index in [-0.39, 0.29) is 11.3 Å². The smallest absolute Gasteiger partial charge is 0.273 e. The van der Waals surface area contributed by atoms with Gasteiger partial charge >= 0.3 is 0 Å². The third-order valence-corrected chi connectivity index (χ3v) is 3.20. The minimum Gasteiger partial charge on any atom is -0.507 e. The van der Waals surface area contributed by atoms with Crippen LogP contribution in [0.3, 0.4) is 0 Å². The lowest BCUT2D eigenvalue weighted by Gasteiger charge is -2.12. The van der Waals surface area contributed by atoms with Crippen LogP contribution in [0, 0.1) is 0 Å². The molecule has 2 aromatic carbocycles. The number of phenols is 1. The van der Waals surface area contributed by atoms with Gasteiger partial charge in [0.2, 0.25) is 0 Å². The molecular weight excluding hydrogens is 320 g/mol. The van der Waals surface area contributed by atoms with Crippen LogP contribution in [0.4, 0.5) is 0 Å². The lowest BCUT2D eigenvalue weighted by molar-refractivity contribution is 0.0940. The zero-order valence-electron chi connectivity index (χ0n) is 10.6. The second-order valence-electron chi connectivity index (χ2n) is 4.08. The fourth-order valence-corrected chi connectivity index (χ4v) is 1.85. The Kier molecular flexibility index (Phi) is 4.42. The molecule has 0 bridgehead atoms. The average molecular weight is 333 g/mol. The van der Waals surface area contributed by atoms with Gasteiger partial charge in [0.15, 0.2) is 0 Å². The van der Waals surface area contributed by atoms with Crippen LogP contribution in [0.15, 0.2) is 59.6 Å². The lowest BCUT2D eigenvalue weighted by Crippen LogP contribution is -2.35. The second kappa shape index (κ2) is 6.25. The number of hydrogen-bond acceptors (Lipinski definition) is 3. The van der Waals surface area contributed by atoms with Crippen molar-refractivity contribution in [3.8, 4) is 5.75 Å². The zero-order chi connectivity index (χ0) is 14.5. The molecule has 0 spiro atoms. The van der Waals surface area contributed by atoms with Crippen molar-refractivity contribution >= 4 is 27.5 Å². The summed E-state index contributed by atoms with van der Waals surface area (Å²) in [6.45, 7) is 3.84. The monoisotopic (exact) mass is 332 g/mol. The number of aromatic hydroxyl groups is 1. The fraction of sp³-hybridized carbons (Fsp3) is 0. The van der Waals surface area contributed by atoms with Crippen LogP contribution in [0.1, 0.15) is 15.9 Å². The van der Waals surface area contributed by atoms with E-state index < -0.39 is 5.91 Å². The summed E-state index contributed by atoms with van der Waals surface area (Å²) in [4.78, 5) is 11.9. The van der Waals surface area contributed by atoms with Crippen LogP contribution in [0.2, 0.25) is 0 Å². The molecule has 3 N–H and O–H groups in total. The Morgan fingerprint density at radius 2 is 1.70 bits per heavy atom. The standard InChI is InChI=1S/C15H13BrN2O2/c1-10(11-6-8-12(16)9-7-11)17-18-15(20)13-4-2-3-5-14(13)19/h2-9,17,19H,1H2,(H,18,20). The highest BCUT2D eigenvalue weighted by Crippen LogP contribution is 2.16. The van der Waals surface area contributed by atoms with Gasteiger partial charge in [-0.2, -0.15) is 0 Å². The molecule has 20 heavy (non-hydrogen) atoms. The van der Waals surface area contributed by atoms with E-state index in [1.165, 1.54) is 12.1 Å². The Morgan fingerprint density at radius 1 is 1.05 bits per heavy atom. The SMILES string of the molecule is C=C(NNC(=O)c1ccccc1O)c1ccc(Br)cc1. The summed E-state index contributed by atoms with van der Waals surface area (Å²) < 4.78 is 0.965. The quantitative estimate of drug-likeness (QED) is 0.754. The Labute approximate surface area is 125 Å². The topological polar surface area (TPSA) is 61.4 Å². The van der Waals surface area contributed by atoms with Gasteiger partial charge in [0.1, 0.15) is 5.75 Å². The number of carbonyl (C=O) groups is 1. The molecule has 0 saturated heterocycles. The molecule has 4 nitrogen and oxygen atoms in total. The van der Waals surface area contributed by atoms with E-state index in [0.29, 0.717) is 5.70 Å². The molecule has 0 aromatic heterocycles. The summed E-state index contributed by atoms with van der Waals surface area (Å²) in [7, 11) is 0. The summed E-state index contributed by atoms with van der Waals surface area (Å²) in [5.74, 6) is -0.498. The molecule has 5 heteroatoms. The second-order valence-corrected chi connectivity index (χ2v) is 5.00. The molecule has 0 radical (unpaired) electrons. The van der Waals surface area contributed by atoms with Crippen LogP contribution in [-0.2, 0) is 0 Å². The number of phenolic OH excluding ortho intramolecular Hbond substituents is 1. The van der Waals surface area contributed by atoms with E-state index >= 15 is 0 Å². The molecule has 1 amide bonds. The lowest BCUT2D eigenvalue weighted by atomic mass is 10.2. The molecular formula is C15H13BrN2O2. The average Bonchev–Trinajstić information content (AvgIpc) is 2.45. The minimum absolute atomic E-state index is 0.0685. The largest absolute Gasteiger partial charge is 0.507 e. The van der Waals surface area contributed by atoms with E-state index in [4.69, 9.17) is 0 Å². The normalized spacial score (nSPS) is 9.85. The molecule has 0 aliphatic heterocycles. The molecule has 2 rings (SSSR count). The van der Waals surface area contributed by atoms with Crippen molar-refractivity contribution in [2.24, 2.45) is 0 Å². The van der Waals surface area contributed by atoms with Crippen molar-refractivity contribution < 1.29 is 9.90 Å². The predicted octanol–water partition coefficient (Wildman–Crippen LogP) is 3.06. The molecule has 0 unspecified atom stereocenters. The summed E-state index contributed by atoms with van der Waals surface area (Å²) in [6.07, 6.45) is 0. The van der Waals surface area contributed by atoms with Gasteiger partial charge in [0.25, 0.3) is 5.91 Å². The van der Waals surface area contributed by atoms with Crippen molar-refractivity contribution in [3.63, 3.8) is 0 Å². The van der Waals surface area contributed by atoms with Gasteiger partial charge < -0.3 is 5.11 Å². The van der Waals surface area contributed by atoms with E-state index in [1.807, 2.05) is 24.3 Å². The highest BCUT2D eigenvalue weighted by Gasteiger charge is 2.09. The van der Waals surface area contributed by atoms with Crippen LogP contribution in [0.25, 0.3) is 5.70 Å². The van der Waals surface area contributed by atoms with Crippen molar-refractivity contribution in [1.29, 1.82) is 0 Å². The first-order valence-corrected chi connectivity index (χ1v) is 6.66. The first-order valence-electron chi connectivity index (χ1n) is 5.87. The van der Waals surface area contributed by atoms with Crippen molar-refractivity contribution in [3.05, 3.63) is 70.7 Å².